The highest BCUT2D eigenvalue weighted by Gasteiger charge is 2.16. The Kier molecular flexibility index (Phi) is 7.60. The average Bonchev–Trinajstić information content (AvgIpc) is 2.72. The number of hydrogen-bond acceptors (Lipinski definition) is 9. The van der Waals surface area contributed by atoms with Crippen LogP contribution in [0.4, 0.5) is 21.7 Å². The molecule has 0 amide bonds. The molecule has 0 aliphatic carbocycles. The van der Waals surface area contributed by atoms with Crippen LogP contribution in [-0.4, -0.2) is 52.7 Å². The van der Waals surface area contributed by atoms with E-state index < -0.39 is 5.82 Å². The molecule has 0 saturated carbocycles. The summed E-state index contributed by atoms with van der Waals surface area (Å²) < 4.78 is 17.8. The SMILES string of the molecule is CC(=N)c1c(N)nc(-c2ccc(NSc3cc(C)ccn3)c(F)c2)nc1NCCN(C)C. The molecule has 0 fully saturated rings. The number of likely N-dealkylation sites (N-methyl/N-ethyl adjacent to an activating group) is 1. The van der Waals surface area contributed by atoms with E-state index in [1.807, 2.05) is 38.1 Å². The molecular weight excluding hydrogens is 427 g/mol. The predicted molar refractivity (Wildman–Crippen MR) is 130 cm³/mol. The molecule has 1 aromatic carbocycles. The minimum absolute atomic E-state index is 0.179. The highest BCUT2D eigenvalue weighted by molar-refractivity contribution is 8.00. The van der Waals surface area contributed by atoms with Crippen molar-refractivity contribution in [3.63, 3.8) is 0 Å². The van der Waals surface area contributed by atoms with Crippen molar-refractivity contribution in [2.24, 2.45) is 0 Å². The van der Waals surface area contributed by atoms with E-state index in [1.165, 1.54) is 18.0 Å². The first-order chi connectivity index (χ1) is 15.2. The van der Waals surface area contributed by atoms with Crippen LogP contribution < -0.4 is 15.8 Å². The summed E-state index contributed by atoms with van der Waals surface area (Å²) in [5.41, 5.74) is 8.73. The summed E-state index contributed by atoms with van der Waals surface area (Å²) >= 11 is 1.24. The summed E-state index contributed by atoms with van der Waals surface area (Å²) in [6.07, 6.45) is 1.71. The first-order valence-corrected chi connectivity index (χ1v) is 10.8. The molecule has 5 N–H and O–H groups in total. The Morgan fingerprint density at radius 3 is 2.66 bits per heavy atom. The standard InChI is InChI=1S/C22H27FN8S/c1-13-7-8-26-18(11-13)32-30-17-6-5-15(12-16(17)23)21-28-20(25)19(14(2)24)22(29-21)27-9-10-31(3)4/h5-8,11-12,24,30H,9-10H2,1-4H3,(H3,25,27,28,29). The van der Waals surface area contributed by atoms with Crippen LogP contribution in [0.5, 0.6) is 0 Å². The van der Waals surface area contributed by atoms with E-state index in [4.69, 9.17) is 11.1 Å². The number of nitrogen functional groups attached to an aromatic ring is 1. The molecule has 0 aliphatic rings. The molecule has 8 nitrogen and oxygen atoms in total. The number of anilines is 3. The second kappa shape index (κ2) is 10.4. The van der Waals surface area contributed by atoms with Gasteiger partial charge >= 0.3 is 0 Å². The second-order valence-electron chi connectivity index (χ2n) is 7.58. The normalized spacial score (nSPS) is 10.9. The number of nitrogens with two attached hydrogens (primary N) is 1. The maximum absolute atomic E-state index is 14.8. The number of aryl methyl sites for hydroxylation is 1. The fraction of sp³-hybridized carbons (Fsp3) is 0.273. The Bertz CT molecular complexity index is 1120. The van der Waals surface area contributed by atoms with Crippen LogP contribution in [0, 0.1) is 18.2 Å². The van der Waals surface area contributed by atoms with Gasteiger partial charge < -0.3 is 26.1 Å². The van der Waals surface area contributed by atoms with Crippen LogP contribution in [0.2, 0.25) is 0 Å². The van der Waals surface area contributed by atoms with Crippen molar-refractivity contribution in [1.82, 2.24) is 19.9 Å². The number of aromatic nitrogens is 3. The van der Waals surface area contributed by atoms with Gasteiger partial charge in [0.15, 0.2) is 5.82 Å². The third kappa shape index (κ3) is 5.92. The van der Waals surface area contributed by atoms with Gasteiger partial charge in [0.25, 0.3) is 0 Å². The van der Waals surface area contributed by atoms with E-state index in [1.54, 1.807) is 25.3 Å². The van der Waals surface area contributed by atoms with Crippen LogP contribution in [0.1, 0.15) is 18.1 Å². The lowest BCUT2D eigenvalue weighted by Crippen LogP contribution is -2.22. The minimum Gasteiger partial charge on any atom is -0.383 e. The Labute approximate surface area is 191 Å². The summed E-state index contributed by atoms with van der Waals surface area (Å²) in [5, 5.41) is 12.0. The van der Waals surface area contributed by atoms with Crippen LogP contribution in [0.15, 0.2) is 41.6 Å². The van der Waals surface area contributed by atoms with Gasteiger partial charge in [-0.3, -0.25) is 0 Å². The molecule has 3 rings (SSSR count). The van der Waals surface area contributed by atoms with Gasteiger partial charge in [0.1, 0.15) is 22.5 Å². The zero-order valence-electron chi connectivity index (χ0n) is 18.5. The summed E-state index contributed by atoms with van der Waals surface area (Å²) in [4.78, 5) is 15.1. The van der Waals surface area contributed by atoms with Crippen LogP contribution in [0.3, 0.4) is 0 Å². The zero-order chi connectivity index (χ0) is 23.3. The smallest absolute Gasteiger partial charge is 0.163 e. The van der Waals surface area contributed by atoms with Crippen LogP contribution in [0.25, 0.3) is 11.4 Å². The predicted octanol–water partition coefficient (Wildman–Crippen LogP) is 4.05. The van der Waals surface area contributed by atoms with Crippen molar-refractivity contribution >= 4 is 35.0 Å². The van der Waals surface area contributed by atoms with E-state index >= 15 is 0 Å². The Morgan fingerprint density at radius 1 is 1.22 bits per heavy atom. The van der Waals surface area contributed by atoms with Crippen molar-refractivity contribution in [2.75, 3.05) is 43.0 Å². The van der Waals surface area contributed by atoms with Gasteiger partial charge in [-0.25, -0.2) is 19.3 Å². The quantitative estimate of drug-likeness (QED) is 0.283. The van der Waals surface area contributed by atoms with Gasteiger partial charge in [0.05, 0.1) is 11.3 Å². The summed E-state index contributed by atoms with van der Waals surface area (Å²) in [5.74, 6) is 0.488. The van der Waals surface area contributed by atoms with Crippen molar-refractivity contribution in [3.8, 4) is 11.4 Å². The monoisotopic (exact) mass is 454 g/mol. The zero-order valence-corrected chi connectivity index (χ0v) is 19.3. The summed E-state index contributed by atoms with van der Waals surface area (Å²) in [6.45, 7) is 5.00. The molecule has 32 heavy (non-hydrogen) atoms. The summed E-state index contributed by atoms with van der Waals surface area (Å²) in [6, 6.07) is 8.53. The first kappa shape index (κ1) is 23.4. The highest BCUT2D eigenvalue weighted by Crippen LogP contribution is 2.29. The van der Waals surface area contributed by atoms with Crippen molar-refractivity contribution < 1.29 is 4.39 Å². The molecule has 0 unspecified atom stereocenters. The Morgan fingerprint density at radius 2 is 2.00 bits per heavy atom. The van der Waals surface area contributed by atoms with Gasteiger partial charge in [-0.05, 0) is 63.8 Å². The molecule has 0 bridgehead atoms. The molecule has 0 atom stereocenters. The number of nitrogens with zero attached hydrogens (tertiary/aromatic N) is 4. The van der Waals surface area contributed by atoms with Crippen molar-refractivity contribution in [1.29, 1.82) is 5.41 Å². The lowest BCUT2D eigenvalue weighted by Gasteiger charge is -2.16. The second-order valence-corrected chi connectivity index (χ2v) is 8.41. The van der Waals surface area contributed by atoms with E-state index in [0.29, 0.717) is 35.0 Å². The average molecular weight is 455 g/mol. The van der Waals surface area contributed by atoms with Crippen LogP contribution >= 0.6 is 11.9 Å². The topological polar surface area (TPSA) is 116 Å². The molecule has 2 aromatic heterocycles. The summed E-state index contributed by atoms with van der Waals surface area (Å²) in [7, 11) is 3.94. The molecule has 168 valence electrons. The Hall–Kier alpha value is -3.24. The third-order valence-corrected chi connectivity index (χ3v) is 5.30. The van der Waals surface area contributed by atoms with E-state index in [9.17, 15) is 4.39 Å². The maximum Gasteiger partial charge on any atom is 0.163 e. The first-order valence-electron chi connectivity index (χ1n) is 10.0. The van der Waals surface area contributed by atoms with Gasteiger partial charge in [0, 0.05) is 42.5 Å². The maximum atomic E-state index is 14.8. The molecule has 0 saturated heterocycles. The van der Waals surface area contributed by atoms with Gasteiger partial charge in [-0.15, -0.1) is 0 Å². The molecule has 0 spiro atoms. The van der Waals surface area contributed by atoms with Gasteiger partial charge in [-0.2, -0.15) is 0 Å². The number of halogens is 1. The molecule has 3 aromatic rings. The van der Waals surface area contributed by atoms with Gasteiger partial charge in [0.2, 0.25) is 0 Å². The largest absolute Gasteiger partial charge is 0.383 e. The lowest BCUT2D eigenvalue weighted by molar-refractivity contribution is 0.425. The number of hydrogen-bond donors (Lipinski definition) is 4. The van der Waals surface area contributed by atoms with E-state index in [0.717, 1.165) is 17.1 Å². The fourth-order valence-corrected chi connectivity index (χ4v) is 3.65. The molecule has 0 radical (unpaired) electrons. The molecule has 10 heteroatoms. The molecular formula is C22H27FN8S. The van der Waals surface area contributed by atoms with E-state index in [2.05, 4.69) is 25.0 Å². The van der Waals surface area contributed by atoms with Crippen molar-refractivity contribution in [2.45, 2.75) is 18.9 Å². The number of rotatable bonds is 9. The van der Waals surface area contributed by atoms with E-state index in [-0.39, 0.29) is 11.5 Å². The number of benzene rings is 1. The van der Waals surface area contributed by atoms with Crippen LogP contribution in [-0.2, 0) is 0 Å². The highest BCUT2D eigenvalue weighted by atomic mass is 32.2. The molecule has 2 heterocycles. The minimum atomic E-state index is -0.445. The molecule has 0 aliphatic heterocycles. The number of nitrogens with one attached hydrogen (secondary N) is 3. The Balaban J connectivity index is 1.84. The lowest BCUT2D eigenvalue weighted by atomic mass is 10.1. The number of pyridine rings is 1. The van der Waals surface area contributed by atoms with Gasteiger partial charge in [-0.1, -0.05) is 0 Å². The third-order valence-electron chi connectivity index (χ3n) is 4.55. The fourth-order valence-electron chi connectivity index (χ4n) is 2.91. The van der Waals surface area contributed by atoms with Crippen molar-refractivity contribution in [3.05, 3.63) is 53.5 Å².